The van der Waals surface area contributed by atoms with Gasteiger partial charge in [0.05, 0.1) is 23.9 Å². The van der Waals surface area contributed by atoms with Gasteiger partial charge >= 0.3 is 5.97 Å². The average molecular weight is 707 g/mol. The summed E-state index contributed by atoms with van der Waals surface area (Å²) in [7, 11) is -6.73. The monoisotopic (exact) mass is 706 g/mol. The quantitative estimate of drug-likeness (QED) is 0.122. The molecular formula is C37H66O7Si3. The van der Waals surface area contributed by atoms with Crippen molar-refractivity contribution in [1.82, 2.24) is 0 Å². The maximum Gasteiger partial charge on any atom is 0.338 e. The van der Waals surface area contributed by atoms with E-state index in [4.69, 9.17) is 33.9 Å². The Balaban J connectivity index is 2.51. The molecule has 0 bridgehead atoms. The fourth-order valence-electron chi connectivity index (χ4n) is 4.62. The van der Waals surface area contributed by atoms with Gasteiger partial charge in [0.15, 0.2) is 31.2 Å². The van der Waals surface area contributed by atoms with Crippen LogP contribution in [0.4, 0.5) is 0 Å². The van der Waals surface area contributed by atoms with Crippen molar-refractivity contribution >= 4 is 30.9 Å². The molecule has 0 amide bonds. The van der Waals surface area contributed by atoms with Gasteiger partial charge in [-0.15, -0.1) is 6.42 Å². The average Bonchev–Trinajstić information content (AvgIpc) is 2.90. The zero-order chi connectivity index (χ0) is 36.4. The van der Waals surface area contributed by atoms with Crippen LogP contribution in [0, 0.1) is 12.3 Å². The lowest BCUT2D eigenvalue weighted by Gasteiger charge is -2.50. The lowest BCUT2D eigenvalue weighted by Crippen LogP contribution is -2.60. The lowest BCUT2D eigenvalue weighted by atomic mass is 10.0. The van der Waals surface area contributed by atoms with E-state index >= 15 is 0 Å². The fraction of sp³-hybridized carbons (Fsp3) is 0.757. The minimum atomic E-state index is -2.34. The molecule has 268 valence electrons. The van der Waals surface area contributed by atoms with Gasteiger partial charge in [-0.3, -0.25) is 0 Å². The van der Waals surface area contributed by atoms with E-state index < -0.39 is 55.5 Å². The smallest absolute Gasteiger partial charge is 0.338 e. The number of terminal acetylenes is 1. The van der Waals surface area contributed by atoms with Crippen LogP contribution in [-0.4, -0.2) is 73.8 Å². The normalized spacial score (nSPS) is 23.8. The van der Waals surface area contributed by atoms with Crippen molar-refractivity contribution in [2.75, 3.05) is 0 Å². The number of benzene rings is 1. The van der Waals surface area contributed by atoms with Crippen molar-refractivity contribution in [3.8, 4) is 12.3 Å². The van der Waals surface area contributed by atoms with E-state index in [0.717, 1.165) is 0 Å². The minimum absolute atomic E-state index is 0.000675. The molecule has 0 aliphatic carbocycles. The number of rotatable bonds is 12. The van der Waals surface area contributed by atoms with Crippen molar-refractivity contribution in [3.05, 3.63) is 35.9 Å². The largest absolute Gasteiger partial charge is 0.456 e. The van der Waals surface area contributed by atoms with E-state index in [9.17, 15) is 4.79 Å². The van der Waals surface area contributed by atoms with Crippen molar-refractivity contribution in [3.63, 3.8) is 0 Å². The van der Waals surface area contributed by atoms with Gasteiger partial charge in [-0.25, -0.2) is 4.79 Å². The first-order chi connectivity index (χ1) is 21.1. The molecule has 0 unspecified atom stereocenters. The van der Waals surface area contributed by atoms with E-state index in [1.54, 1.807) is 12.1 Å². The number of carbonyl (C=O) groups is 1. The Morgan fingerprint density at radius 1 is 0.851 bits per heavy atom. The number of ether oxygens (including phenoxy) is 3. The highest BCUT2D eigenvalue weighted by molar-refractivity contribution is 6.75. The Bertz CT molecular complexity index is 1210. The van der Waals surface area contributed by atoms with Crippen molar-refractivity contribution in [2.45, 2.75) is 180 Å². The number of esters is 1. The zero-order valence-electron chi connectivity index (χ0n) is 32.6. The molecule has 2 rings (SSSR count). The minimum Gasteiger partial charge on any atom is -0.456 e. The Morgan fingerprint density at radius 2 is 1.34 bits per heavy atom. The van der Waals surface area contributed by atoms with Crippen LogP contribution in [0.25, 0.3) is 0 Å². The third-order valence-electron chi connectivity index (χ3n) is 10.9. The second kappa shape index (κ2) is 15.3. The summed E-state index contributed by atoms with van der Waals surface area (Å²) in [4.78, 5) is 13.2. The van der Waals surface area contributed by atoms with Crippen LogP contribution in [0.5, 0.6) is 0 Å². The van der Waals surface area contributed by atoms with Crippen LogP contribution in [0.15, 0.2) is 30.3 Å². The Labute approximate surface area is 290 Å². The Hall–Kier alpha value is -1.30. The van der Waals surface area contributed by atoms with Gasteiger partial charge in [0.25, 0.3) is 0 Å². The van der Waals surface area contributed by atoms with Gasteiger partial charge in [0.1, 0.15) is 18.3 Å². The molecule has 7 nitrogen and oxygen atoms in total. The first kappa shape index (κ1) is 41.9. The summed E-state index contributed by atoms with van der Waals surface area (Å²) >= 11 is 0. The molecule has 1 aromatic rings. The van der Waals surface area contributed by atoms with Crippen LogP contribution < -0.4 is 0 Å². The topological polar surface area (TPSA) is 72.5 Å². The first-order valence-corrected chi connectivity index (χ1v) is 25.9. The molecular weight excluding hydrogens is 641 g/mol. The molecule has 10 heteroatoms. The van der Waals surface area contributed by atoms with Gasteiger partial charge in [0, 0.05) is 6.42 Å². The highest BCUT2D eigenvalue weighted by Gasteiger charge is 2.50. The number of carbonyl (C=O) groups excluding carboxylic acids is 1. The standard InChI is InChI=1S/C37H66O7Si3/c1-19-29(42-45(13,14)35(4,5)6)32(26(2)40-34(38)28-23-21-20-22-24-28)41-31-25-30(43-46(15,16)36(7,8)9)33(27(3)39-31)44-47(17,18)37(10,11)12/h1,20-24,26-27,29-33H,25H2,2-18H3/t26-,27+,29+,30-,31+,32-,33-/m1/s1. The van der Waals surface area contributed by atoms with Crippen LogP contribution >= 0.6 is 0 Å². The molecule has 1 fully saturated rings. The SMILES string of the molecule is C#C[C@H](O[Si](C)(C)C(C)(C)C)[C@H](O[C@H]1C[C@@H](O[Si](C)(C)C(C)(C)C)[C@H](O[Si](C)(C)C(C)(C)C)[C@H](C)O1)[C@@H](C)OC(=O)c1ccccc1. The second-order valence-corrected chi connectivity index (χ2v) is 32.1. The van der Waals surface area contributed by atoms with Crippen LogP contribution in [0.2, 0.25) is 54.4 Å². The molecule has 0 saturated carbocycles. The Kier molecular flexibility index (Phi) is 13.6. The van der Waals surface area contributed by atoms with Crippen molar-refractivity contribution in [1.29, 1.82) is 0 Å². The molecule has 7 atom stereocenters. The fourth-order valence-corrected chi connectivity index (χ4v) is 8.53. The highest BCUT2D eigenvalue weighted by Crippen LogP contribution is 2.44. The summed E-state index contributed by atoms with van der Waals surface area (Å²) in [6, 6.07) is 8.93. The summed E-state index contributed by atoms with van der Waals surface area (Å²) < 4.78 is 40.3. The molecule has 47 heavy (non-hydrogen) atoms. The molecule has 0 aromatic heterocycles. The van der Waals surface area contributed by atoms with Gasteiger partial charge < -0.3 is 27.5 Å². The Morgan fingerprint density at radius 3 is 1.81 bits per heavy atom. The summed E-state index contributed by atoms with van der Waals surface area (Å²) in [5.74, 6) is 2.40. The van der Waals surface area contributed by atoms with Gasteiger partial charge in [-0.1, -0.05) is 86.4 Å². The molecule has 1 aliphatic rings. The zero-order valence-corrected chi connectivity index (χ0v) is 35.6. The predicted molar refractivity (Wildman–Crippen MR) is 200 cm³/mol. The molecule has 1 aromatic carbocycles. The van der Waals surface area contributed by atoms with Crippen LogP contribution in [0.3, 0.4) is 0 Å². The summed E-state index contributed by atoms with van der Waals surface area (Å²) in [6.45, 7) is 37.2. The van der Waals surface area contributed by atoms with Gasteiger partial charge in [-0.05, 0) is 80.4 Å². The van der Waals surface area contributed by atoms with Gasteiger partial charge in [-0.2, -0.15) is 0 Å². The third kappa shape index (κ3) is 10.8. The number of hydrogen-bond donors (Lipinski definition) is 0. The summed E-state index contributed by atoms with van der Waals surface area (Å²) in [5.41, 5.74) is 0.455. The second-order valence-electron chi connectivity index (χ2n) is 17.8. The first-order valence-electron chi connectivity index (χ1n) is 17.2. The molecule has 1 saturated heterocycles. The maximum atomic E-state index is 13.2. The molecule has 0 radical (unpaired) electrons. The van der Waals surface area contributed by atoms with E-state index in [0.29, 0.717) is 12.0 Å². The molecule has 1 heterocycles. The third-order valence-corrected chi connectivity index (χ3v) is 24.3. The highest BCUT2D eigenvalue weighted by atomic mass is 28.4. The van der Waals surface area contributed by atoms with Crippen molar-refractivity contribution < 1.29 is 32.3 Å². The van der Waals surface area contributed by atoms with Gasteiger partial charge in [0.2, 0.25) is 0 Å². The summed E-state index contributed by atoms with van der Waals surface area (Å²) in [6.07, 6.45) is 2.83. The predicted octanol–water partition coefficient (Wildman–Crippen LogP) is 9.56. The summed E-state index contributed by atoms with van der Waals surface area (Å²) in [5, 5.41) is -0.0740. The van der Waals surface area contributed by atoms with Crippen LogP contribution in [-0.2, 0) is 27.5 Å². The number of hydrogen-bond acceptors (Lipinski definition) is 7. The van der Waals surface area contributed by atoms with E-state index in [1.807, 2.05) is 32.0 Å². The molecule has 0 spiro atoms. The lowest BCUT2D eigenvalue weighted by molar-refractivity contribution is -0.269. The molecule has 0 N–H and O–H groups in total. The maximum absolute atomic E-state index is 13.2. The van der Waals surface area contributed by atoms with Crippen molar-refractivity contribution in [2.24, 2.45) is 0 Å². The van der Waals surface area contributed by atoms with Crippen LogP contribution in [0.1, 0.15) is 92.9 Å². The molecule has 1 aliphatic heterocycles. The van der Waals surface area contributed by atoms with E-state index in [1.165, 1.54) is 0 Å². The van der Waals surface area contributed by atoms with E-state index in [2.05, 4.69) is 108 Å². The van der Waals surface area contributed by atoms with E-state index in [-0.39, 0.29) is 33.4 Å².